The Labute approximate surface area is 126 Å². The summed E-state index contributed by atoms with van der Waals surface area (Å²) in [4.78, 5) is 39.2. The van der Waals surface area contributed by atoms with Gasteiger partial charge < -0.3 is 10.2 Å². The molecule has 0 saturated carbocycles. The van der Waals surface area contributed by atoms with Gasteiger partial charge in [-0.05, 0) is 31.4 Å². The van der Waals surface area contributed by atoms with Crippen LogP contribution >= 0.6 is 11.3 Å². The third kappa shape index (κ3) is 2.21. The van der Waals surface area contributed by atoms with Crippen LogP contribution in [0.2, 0.25) is 0 Å². The predicted octanol–water partition coefficient (Wildman–Crippen LogP) is 1.04. The van der Waals surface area contributed by atoms with Gasteiger partial charge in [-0.25, -0.2) is 4.79 Å². The monoisotopic (exact) mass is 307 g/mol. The van der Waals surface area contributed by atoms with Crippen molar-refractivity contribution in [3.05, 3.63) is 21.4 Å². The predicted molar refractivity (Wildman–Crippen MR) is 78.4 cm³/mol. The van der Waals surface area contributed by atoms with Gasteiger partial charge >= 0.3 is 6.03 Å². The summed E-state index contributed by atoms with van der Waals surface area (Å²) in [6.07, 6.45) is 1.36. The highest BCUT2D eigenvalue weighted by molar-refractivity contribution is 7.14. The van der Waals surface area contributed by atoms with E-state index >= 15 is 0 Å². The number of urea groups is 1. The maximum Gasteiger partial charge on any atom is 0.322 e. The molecule has 3 heterocycles. The zero-order valence-corrected chi connectivity index (χ0v) is 12.8. The summed E-state index contributed by atoms with van der Waals surface area (Å²) in [5.74, 6) is -0.395. The van der Waals surface area contributed by atoms with Gasteiger partial charge in [-0.2, -0.15) is 0 Å². The van der Waals surface area contributed by atoms with Crippen LogP contribution in [0.5, 0.6) is 0 Å². The van der Waals surface area contributed by atoms with Crippen LogP contribution in [0.4, 0.5) is 4.79 Å². The number of aryl methyl sites for hydroxylation is 2. The molecule has 3 rings (SSSR count). The second kappa shape index (κ2) is 4.84. The summed E-state index contributed by atoms with van der Waals surface area (Å²) in [6.45, 7) is 4.79. The minimum atomic E-state index is -0.938. The van der Waals surface area contributed by atoms with Gasteiger partial charge in [0, 0.05) is 11.4 Å². The molecule has 0 aromatic carbocycles. The maximum atomic E-state index is 12.5. The van der Waals surface area contributed by atoms with Crippen molar-refractivity contribution in [2.24, 2.45) is 0 Å². The molecule has 1 aromatic heterocycles. The molecule has 2 N–H and O–H groups in total. The van der Waals surface area contributed by atoms with E-state index in [1.807, 2.05) is 13.0 Å². The van der Waals surface area contributed by atoms with Crippen molar-refractivity contribution in [1.82, 2.24) is 15.5 Å². The largest absolute Gasteiger partial charge is 0.335 e. The average Bonchev–Trinajstić information content (AvgIpc) is 3.09. The highest BCUT2D eigenvalue weighted by atomic mass is 32.1. The summed E-state index contributed by atoms with van der Waals surface area (Å²) < 4.78 is 0. The second-order valence-electron chi connectivity index (χ2n) is 5.51. The molecule has 2 aliphatic rings. The number of carbonyl (C=O) groups excluding carboxylic acids is 3. The van der Waals surface area contributed by atoms with Gasteiger partial charge in [0.15, 0.2) is 0 Å². The van der Waals surface area contributed by atoms with Crippen molar-refractivity contribution < 1.29 is 14.4 Å². The Balaban J connectivity index is 1.78. The van der Waals surface area contributed by atoms with E-state index in [1.165, 1.54) is 16.9 Å². The third-order valence-electron chi connectivity index (χ3n) is 4.18. The van der Waals surface area contributed by atoms with Gasteiger partial charge in [0.05, 0.1) is 11.4 Å². The van der Waals surface area contributed by atoms with E-state index in [2.05, 4.69) is 17.6 Å². The smallest absolute Gasteiger partial charge is 0.322 e. The minimum absolute atomic E-state index is 0.0615. The Kier molecular flexibility index (Phi) is 3.24. The molecule has 0 bridgehead atoms. The standard InChI is InChI=1S/C14H17N3O3S/c1-3-9-6-10(21-8(9)2)11(18)17-5-4-14(7-17)12(19)15-13(20)16-14/h6H,3-5,7H2,1-2H3,(H2,15,16,19,20). The van der Waals surface area contributed by atoms with Crippen LogP contribution < -0.4 is 10.6 Å². The van der Waals surface area contributed by atoms with E-state index in [-0.39, 0.29) is 18.4 Å². The van der Waals surface area contributed by atoms with Gasteiger partial charge in [-0.3, -0.25) is 14.9 Å². The molecule has 0 aliphatic carbocycles. The molecular formula is C14H17N3O3S. The van der Waals surface area contributed by atoms with Crippen LogP contribution in [0.15, 0.2) is 6.07 Å². The molecule has 4 amide bonds. The number of nitrogens with zero attached hydrogens (tertiary/aromatic N) is 1. The van der Waals surface area contributed by atoms with Crippen molar-refractivity contribution in [1.29, 1.82) is 0 Å². The molecule has 2 aliphatic heterocycles. The van der Waals surface area contributed by atoms with Gasteiger partial charge in [-0.15, -0.1) is 11.3 Å². The quantitative estimate of drug-likeness (QED) is 0.801. The number of amides is 4. The third-order valence-corrected chi connectivity index (χ3v) is 5.26. The molecule has 1 aromatic rings. The first kappa shape index (κ1) is 14.1. The maximum absolute atomic E-state index is 12.5. The van der Waals surface area contributed by atoms with E-state index < -0.39 is 11.6 Å². The Bertz CT molecular complexity index is 639. The summed E-state index contributed by atoms with van der Waals surface area (Å²) in [7, 11) is 0. The first-order valence-electron chi connectivity index (χ1n) is 6.97. The fraction of sp³-hybridized carbons (Fsp3) is 0.500. The molecule has 1 spiro atoms. The van der Waals surface area contributed by atoms with E-state index in [4.69, 9.17) is 0 Å². The highest BCUT2D eigenvalue weighted by Gasteiger charge is 2.51. The molecule has 1 atom stereocenters. The molecule has 112 valence electrons. The Hall–Kier alpha value is -1.89. The van der Waals surface area contributed by atoms with Crippen LogP contribution in [0.3, 0.4) is 0 Å². The summed E-state index contributed by atoms with van der Waals surface area (Å²) in [6, 6.07) is 1.45. The zero-order chi connectivity index (χ0) is 15.2. The molecule has 2 fully saturated rings. The van der Waals surface area contributed by atoms with Crippen LogP contribution in [0, 0.1) is 6.92 Å². The molecule has 21 heavy (non-hydrogen) atoms. The van der Waals surface area contributed by atoms with E-state index in [9.17, 15) is 14.4 Å². The van der Waals surface area contributed by atoms with Gasteiger partial charge in [0.2, 0.25) is 0 Å². The lowest BCUT2D eigenvalue weighted by Gasteiger charge is -2.20. The molecular weight excluding hydrogens is 290 g/mol. The van der Waals surface area contributed by atoms with Crippen molar-refractivity contribution >= 4 is 29.2 Å². The Morgan fingerprint density at radius 1 is 1.48 bits per heavy atom. The van der Waals surface area contributed by atoms with E-state index in [0.717, 1.165) is 11.3 Å². The fourth-order valence-corrected chi connectivity index (χ4v) is 4.01. The van der Waals surface area contributed by atoms with Crippen molar-refractivity contribution in [3.63, 3.8) is 0 Å². The van der Waals surface area contributed by atoms with E-state index in [0.29, 0.717) is 17.8 Å². The first-order valence-corrected chi connectivity index (χ1v) is 7.79. The summed E-state index contributed by atoms with van der Waals surface area (Å²) in [5.41, 5.74) is 0.247. The van der Waals surface area contributed by atoms with Crippen LogP contribution in [-0.2, 0) is 11.2 Å². The number of likely N-dealkylation sites (tertiary alicyclic amines) is 1. The first-order chi connectivity index (χ1) is 9.95. The number of carbonyl (C=O) groups is 3. The Morgan fingerprint density at radius 2 is 2.24 bits per heavy atom. The Morgan fingerprint density at radius 3 is 2.81 bits per heavy atom. The molecule has 1 unspecified atom stereocenters. The summed E-state index contributed by atoms with van der Waals surface area (Å²) >= 11 is 1.49. The summed E-state index contributed by atoms with van der Waals surface area (Å²) in [5, 5.41) is 4.90. The number of hydrogen-bond acceptors (Lipinski definition) is 4. The second-order valence-corrected chi connectivity index (χ2v) is 6.77. The normalized spacial score (nSPS) is 24.6. The van der Waals surface area contributed by atoms with Crippen LogP contribution in [-0.4, -0.2) is 41.4 Å². The number of nitrogens with one attached hydrogen (secondary N) is 2. The lowest BCUT2D eigenvalue weighted by molar-refractivity contribution is -0.123. The minimum Gasteiger partial charge on any atom is -0.335 e. The van der Waals surface area contributed by atoms with Crippen molar-refractivity contribution in [3.8, 4) is 0 Å². The van der Waals surface area contributed by atoms with Crippen LogP contribution in [0.1, 0.15) is 33.5 Å². The number of hydrogen-bond donors (Lipinski definition) is 2. The van der Waals surface area contributed by atoms with Crippen molar-refractivity contribution in [2.75, 3.05) is 13.1 Å². The topological polar surface area (TPSA) is 78.5 Å². The fourth-order valence-electron chi connectivity index (χ4n) is 2.93. The molecule has 6 nitrogen and oxygen atoms in total. The average molecular weight is 307 g/mol. The zero-order valence-electron chi connectivity index (χ0n) is 12.0. The van der Waals surface area contributed by atoms with Gasteiger partial charge in [0.25, 0.3) is 11.8 Å². The lowest BCUT2D eigenvalue weighted by atomic mass is 10.00. The number of thiophene rings is 1. The lowest BCUT2D eigenvalue weighted by Crippen LogP contribution is -2.49. The molecule has 7 heteroatoms. The van der Waals surface area contributed by atoms with E-state index in [1.54, 1.807) is 4.90 Å². The van der Waals surface area contributed by atoms with Crippen LogP contribution in [0.25, 0.3) is 0 Å². The number of rotatable bonds is 2. The molecule has 2 saturated heterocycles. The van der Waals surface area contributed by atoms with Crippen molar-refractivity contribution in [2.45, 2.75) is 32.2 Å². The number of imide groups is 1. The highest BCUT2D eigenvalue weighted by Crippen LogP contribution is 2.29. The van der Waals surface area contributed by atoms with Gasteiger partial charge in [-0.1, -0.05) is 6.92 Å². The molecule has 0 radical (unpaired) electrons. The SMILES string of the molecule is CCc1cc(C(=O)N2CCC3(C2)NC(=O)NC3=O)sc1C. The van der Waals surface area contributed by atoms with Gasteiger partial charge in [0.1, 0.15) is 5.54 Å².